The molecule has 1 amide bonds. The molecule has 0 saturated heterocycles. The van der Waals surface area contributed by atoms with Crippen LogP contribution in [-0.4, -0.2) is 55.5 Å². The SMILES string of the molecule is COCCn1cnnc1CCNC(=O)c1cnc2c(c1)ncn2C1CCCC1. The van der Waals surface area contributed by atoms with Gasteiger partial charge in [0.05, 0.1) is 18.5 Å². The number of carbonyl (C=O) groups is 1. The standard InChI is InChI=1S/C19H25N7O2/c1-28-9-8-25-13-23-24-17(25)6-7-20-19(27)14-10-16-18(21-11-14)26(12-22-16)15-4-2-3-5-15/h10-13,15H,2-9H2,1H3,(H,20,27). The van der Waals surface area contributed by atoms with Gasteiger partial charge < -0.3 is 19.2 Å². The molecular formula is C19H25N7O2. The highest BCUT2D eigenvalue weighted by Crippen LogP contribution is 2.31. The molecule has 1 fully saturated rings. The van der Waals surface area contributed by atoms with Crippen LogP contribution in [0.4, 0.5) is 0 Å². The van der Waals surface area contributed by atoms with Crippen LogP contribution in [0.5, 0.6) is 0 Å². The summed E-state index contributed by atoms with van der Waals surface area (Å²) < 4.78 is 9.16. The first-order valence-corrected chi connectivity index (χ1v) is 9.72. The highest BCUT2D eigenvalue weighted by Gasteiger charge is 2.20. The number of carbonyl (C=O) groups excluding carboxylic acids is 1. The summed E-state index contributed by atoms with van der Waals surface area (Å²) in [5.41, 5.74) is 2.14. The van der Waals surface area contributed by atoms with Crippen LogP contribution in [0.1, 0.15) is 47.9 Å². The fourth-order valence-electron chi connectivity index (χ4n) is 3.73. The van der Waals surface area contributed by atoms with E-state index in [0.717, 1.165) is 17.0 Å². The Morgan fingerprint density at radius 3 is 2.96 bits per heavy atom. The number of hydrogen-bond acceptors (Lipinski definition) is 6. The maximum absolute atomic E-state index is 12.5. The summed E-state index contributed by atoms with van der Waals surface area (Å²) in [7, 11) is 1.66. The number of rotatable bonds is 8. The van der Waals surface area contributed by atoms with Crippen LogP contribution in [0.2, 0.25) is 0 Å². The number of nitrogens with one attached hydrogen (secondary N) is 1. The quantitative estimate of drug-likeness (QED) is 0.636. The molecule has 1 aliphatic rings. The minimum Gasteiger partial charge on any atom is -0.383 e. The lowest BCUT2D eigenvalue weighted by molar-refractivity contribution is 0.0953. The summed E-state index contributed by atoms with van der Waals surface area (Å²) in [4.78, 5) is 21.5. The van der Waals surface area contributed by atoms with Gasteiger partial charge in [0.25, 0.3) is 5.91 Å². The van der Waals surface area contributed by atoms with Crippen LogP contribution in [0.25, 0.3) is 11.2 Å². The van der Waals surface area contributed by atoms with E-state index >= 15 is 0 Å². The van der Waals surface area contributed by atoms with E-state index in [9.17, 15) is 4.79 Å². The maximum Gasteiger partial charge on any atom is 0.252 e. The topological polar surface area (TPSA) is 99.8 Å². The molecule has 0 atom stereocenters. The van der Waals surface area contributed by atoms with Gasteiger partial charge >= 0.3 is 0 Å². The Kier molecular flexibility index (Phi) is 5.61. The van der Waals surface area contributed by atoms with Crippen molar-refractivity contribution in [2.24, 2.45) is 0 Å². The zero-order valence-electron chi connectivity index (χ0n) is 16.0. The fourth-order valence-corrected chi connectivity index (χ4v) is 3.73. The van der Waals surface area contributed by atoms with E-state index in [1.807, 2.05) is 17.0 Å². The van der Waals surface area contributed by atoms with Crippen molar-refractivity contribution in [2.75, 3.05) is 20.3 Å². The van der Waals surface area contributed by atoms with Crippen molar-refractivity contribution in [3.8, 4) is 0 Å². The first-order valence-electron chi connectivity index (χ1n) is 9.72. The average molecular weight is 383 g/mol. The van der Waals surface area contributed by atoms with Crippen LogP contribution < -0.4 is 5.32 Å². The summed E-state index contributed by atoms with van der Waals surface area (Å²) in [5, 5.41) is 10.9. The van der Waals surface area contributed by atoms with Crippen molar-refractivity contribution in [1.82, 2.24) is 34.6 Å². The van der Waals surface area contributed by atoms with Crippen LogP contribution in [0.15, 0.2) is 24.9 Å². The van der Waals surface area contributed by atoms with Crippen molar-refractivity contribution < 1.29 is 9.53 Å². The third-order valence-corrected chi connectivity index (χ3v) is 5.26. The number of methoxy groups -OCH3 is 1. The predicted molar refractivity (Wildman–Crippen MR) is 103 cm³/mol. The van der Waals surface area contributed by atoms with Crippen LogP contribution >= 0.6 is 0 Å². The van der Waals surface area contributed by atoms with Gasteiger partial charge in [-0.3, -0.25) is 4.79 Å². The number of aromatic nitrogens is 6. The van der Waals surface area contributed by atoms with Crippen molar-refractivity contribution >= 4 is 17.1 Å². The van der Waals surface area contributed by atoms with Crippen LogP contribution in [-0.2, 0) is 17.7 Å². The summed E-state index contributed by atoms with van der Waals surface area (Å²) >= 11 is 0. The van der Waals surface area contributed by atoms with E-state index in [1.165, 1.54) is 25.7 Å². The molecule has 28 heavy (non-hydrogen) atoms. The number of imidazole rings is 1. The first-order chi connectivity index (χ1) is 13.8. The molecule has 4 rings (SSSR count). The zero-order chi connectivity index (χ0) is 19.3. The fraction of sp³-hybridized carbons (Fsp3) is 0.526. The smallest absolute Gasteiger partial charge is 0.252 e. The molecule has 0 unspecified atom stereocenters. The lowest BCUT2D eigenvalue weighted by atomic mass is 10.2. The summed E-state index contributed by atoms with van der Waals surface area (Å²) in [6.07, 6.45) is 10.6. The molecule has 3 aromatic rings. The summed E-state index contributed by atoms with van der Waals surface area (Å²) in [6.45, 7) is 1.76. The van der Waals surface area contributed by atoms with E-state index in [2.05, 4.69) is 30.0 Å². The number of ether oxygens (including phenoxy) is 1. The Morgan fingerprint density at radius 2 is 2.14 bits per heavy atom. The largest absolute Gasteiger partial charge is 0.383 e. The molecule has 1 N–H and O–H groups in total. The number of pyridine rings is 1. The molecule has 9 nitrogen and oxygen atoms in total. The molecule has 3 heterocycles. The normalized spacial score (nSPS) is 14.8. The van der Waals surface area contributed by atoms with E-state index in [-0.39, 0.29) is 5.91 Å². The van der Waals surface area contributed by atoms with E-state index in [1.54, 1.807) is 19.6 Å². The average Bonchev–Trinajstić information content (AvgIpc) is 3.45. The number of nitrogens with zero attached hydrogens (tertiary/aromatic N) is 6. The predicted octanol–water partition coefficient (Wildman–Crippen LogP) is 1.76. The van der Waals surface area contributed by atoms with Gasteiger partial charge in [0, 0.05) is 38.9 Å². The Morgan fingerprint density at radius 1 is 1.29 bits per heavy atom. The van der Waals surface area contributed by atoms with Crippen molar-refractivity contribution in [2.45, 2.75) is 44.7 Å². The van der Waals surface area contributed by atoms with Gasteiger partial charge in [-0.25, -0.2) is 9.97 Å². The van der Waals surface area contributed by atoms with Crippen molar-refractivity contribution in [3.05, 3.63) is 36.3 Å². The first kappa shape index (κ1) is 18.5. The highest BCUT2D eigenvalue weighted by molar-refractivity contribution is 5.96. The van der Waals surface area contributed by atoms with Crippen molar-refractivity contribution in [1.29, 1.82) is 0 Å². The molecule has 0 aliphatic heterocycles. The number of amides is 1. The minimum absolute atomic E-state index is 0.159. The minimum atomic E-state index is -0.159. The van der Waals surface area contributed by atoms with E-state index < -0.39 is 0 Å². The molecule has 148 valence electrons. The molecule has 1 saturated carbocycles. The second-order valence-electron chi connectivity index (χ2n) is 7.10. The zero-order valence-corrected chi connectivity index (χ0v) is 16.0. The lowest BCUT2D eigenvalue weighted by Crippen LogP contribution is -2.26. The molecule has 0 bridgehead atoms. The molecule has 9 heteroatoms. The molecule has 3 aromatic heterocycles. The van der Waals surface area contributed by atoms with Gasteiger partial charge in [0.15, 0.2) is 5.65 Å². The van der Waals surface area contributed by atoms with E-state index in [0.29, 0.717) is 37.7 Å². The van der Waals surface area contributed by atoms with Gasteiger partial charge in [0.2, 0.25) is 0 Å². The van der Waals surface area contributed by atoms with Gasteiger partial charge in [-0.2, -0.15) is 0 Å². The lowest BCUT2D eigenvalue weighted by Gasteiger charge is -2.11. The van der Waals surface area contributed by atoms with Crippen molar-refractivity contribution in [3.63, 3.8) is 0 Å². The number of fused-ring (bicyclic) bond motifs is 1. The Balaban J connectivity index is 1.37. The third-order valence-electron chi connectivity index (χ3n) is 5.26. The number of hydrogen-bond donors (Lipinski definition) is 1. The second kappa shape index (κ2) is 8.47. The second-order valence-corrected chi connectivity index (χ2v) is 7.10. The summed E-state index contributed by atoms with van der Waals surface area (Å²) in [5.74, 6) is 0.661. The van der Waals surface area contributed by atoms with Crippen LogP contribution in [0, 0.1) is 0 Å². The molecule has 1 aliphatic carbocycles. The molecule has 0 aromatic carbocycles. The Labute approximate surface area is 163 Å². The van der Waals surface area contributed by atoms with Gasteiger partial charge in [0.1, 0.15) is 17.7 Å². The molecule has 0 spiro atoms. The maximum atomic E-state index is 12.5. The van der Waals surface area contributed by atoms with Gasteiger partial charge in [-0.15, -0.1) is 10.2 Å². The van der Waals surface area contributed by atoms with Crippen LogP contribution in [0.3, 0.4) is 0 Å². The molecule has 0 radical (unpaired) electrons. The Hall–Kier alpha value is -2.81. The molecular weight excluding hydrogens is 358 g/mol. The van der Waals surface area contributed by atoms with E-state index in [4.69, 9.17) is 4.74 Å². The van der Waals surface area contributed by atoms with Gasteiger partial charge in [-0.1, -0.05) is 12.8 Å². The summed E-state index contributed by atoms with van der Waals surface area (Å²) in [6, 6.07) is 2.29. The third kappa shape index (κ3) is 3.89. The highest BCUT2D eigenvalue weighted by atomic mass is 16.5. The van der Waals surface area contributed by atoms with Gasteiger partial charge in [-0.05, 0) is 18.9 Å². The Bertz CT molecular complexity index is 943. The monoisotopic (exact) mass is 383 g/mol.